The van der Waals surface area contributed by atoms with E-state index in [1.165, 1.54) is 12.1 Å². The van der Waals surface area contributed by atoms with E-state index in [-0.39, 0.29) is 18.9 Å². The third kappa shape index (κ3) is 4.80. The summed E-state index contributed by atoms with van der Waals surface area (Å²) in [6, 6.07) is 10.7. The van der Waals surface area contributed by atoms with Gasteiger partial charge >= 0.3 is 0 Å². The molecule has 0 aliphatic rings. The zero-order valence-corrected chi connectivity index (χ0v) is 16.9. The average Bonchev–Trinajstić information content (AvgIpc) is 3.39. The number of nitrogens with zero attached hydrogens (tertiary/aromatic N) is 1. The molecule has 3 aromatic heterocycles. The van der Waals surface area contributed by atoms with Gasteiger partial charge in [0.1, 0.15) is 23.2 Å². The second kappa shape index (κ2) is 8.83. The number of carbonyl (C=O) groups excluding carboxylic acids is 2. The Morgan fingerprint density at radius 1 is 1.10 bits per heavy atom. The maximum absolute atomic E-state index is 13.6. The van der Waals surface area contributed by atoms with E-state index in [1.807, 2.05) is 12.1 Å². The van der Waals surface area contributed by atoms with Crippen molar-refractivity contribution in [1.29, 1.82) is 0 Å². The fourth-order valence-electron chi connectivity index (χ4n) is 3.43. The van der Waals surface area contributed by atoms with Gasteiger partial charge in [-0.05, 0) is 53.9 Å². The van der Waals surface area contributed by atoms with Crippen molar-refractivity contribution < 1.29 is 14.0 Å². The van der Waals surface area contributed by atoms with Crippen LogP contribution in [-0.2, 0) is 17.8 Å². The number of halogens is 1. The van der Waals surface area contributed by atoms with Crippen molar-refractivity contribution in [3.05, 3.63) is 89.3 Å². The third-order valence-electron chi connectivity index (χ3n) is 5.06. The first-order chi connectivity index (χ1) is 15.0. The highest BCUT2D eigenvalue weighted by Gasteiger charge is 2.23. The minimum Gasteiger partial charge on any atom is -0.357 e. The molecule has 1 atom stereocenters. The molecule has 0 fully saturated rings. The number of aryl methyl sites for hydroxylation is 1. The second-order valence-corrected chi connectivity index (χ2v) is 7.37. The van der Waals surface area contributed by atoms with Gasteiger partial charge in [-0.25, -0.2) is 9.37 Å². The smallest absolute Gasteiger partial charge is 0.268 e. The molecule has 1 aromatic carbocycles. The van der Waals surface area contributed by atoms with Gasteiger partial charge in [0.2, 0.25) is 5.91 Å². The quantitative estimate of drug-likeness (QED) is 0.370. The number of pyridine rings is 1. The Bertz CT molecular complexity index is 1230. The molecular weight excluding hydrogens is 397 g/mol. The molecule has 0 bridgehead atoms. The molecule has 31 heavy (non-hydrogen) atoms. The van der Waals surface area contributed by atoms with E-state index >= 15 is 0 Å². The van der Waals surface area contributed by atoms with Crippen LogP contribution in [0.15, 0.2) is 61.1 Å². The second-order valence-electron chi connectivity index (χ2n) is 7.37. The zero-order chi connectivity index (χ0) is 21.8. The number of nitrogens with one attached hydrogen (secondary N) is 4. The topological polar surface area (TPSA) is 103 Å². The van der Waals surface area contributed by atoms with Crippen LogP contribution >= 0.6 is 0 Å². The van der Waals surface area contributed by atoms with Crippen LogP contribution in [0.25, 0.3) is 11.0 Å². The van der Waals surface area contributed by atoms with Crippen LogP contribution in [0.1, 0.15) is 27.2 Å². The minimum absolute atomic E-state index is 0.157. The standard InChI is InChI=1S/C23H22FN5O2/c1-14-5-7-25-20(14)23(31)29-19(11-15-3-2-4-18(24)10-15)22(30)28-13-16-9-17-6-8-26-21(17)27-12-16/h2-10,12,19,25H,11,13H2,1H3,(H,26,27)(H,28,30)(H,29,31)/t19-/m0/s1. The Morgan fingerprint density at radius 3 is 2.71 bits per heavy atom. The van der Waals surface area contributed by atoms with Crippen molar-refractivity contribution in [2.45, 2.75) is 25.9 Å². The molecule has 0 saturated carbocycles. The molecular formula is C23H22FN5O2. The first-order valence-corrected chi connectivity index (χ1v) is 9.88. The van der Waals surface area contributed by atoms with Gasteiger partial charge in [0.05, 0.1) is 0 Å². The number of aromatic nitrogens is 3. The molecule has 0 spiro atoms. The van der Waals surface area contributed by atoms with Gasteiger partial charge in [-0.15, -0.1) is 0 Å². The summed E-state index contributed by atoms with van der Waals surface area (Å²) in [6.45, 7) is 2.06. The van der Waals surface area contributed by atoms with Crippen molar-refractivity contribution in [3.8, 4) is 0 Å². The molecule has 0 aliphatic carbocycles. The van der Waals surface area contributed by atoms with E-state index in [4.69, 9.17) is 0 Å². The van der Waals surface area contributed by atoms with Crippen molar-refractivity contribution in [1.82, 2.24) is 25.6 Å². The highest BCUT2D eigenvalue weighted by atomic mass is 19.1. The summed E-state index contributed by atoms with van der Waals surface area (Å²) in [5, 5.41) is 6.56. The number of H-pyrrole nitrogens is 2. The Morgan fingerprint density at radius 2 is 1.94 bits per heavy atom. The van der Waals surface area contributed by atoms with E-state index in [0.29, 0.717) is 11.3 Å². The van der Waals surface area contributed by atoms with Crippen LogP contribution in [-0.4, -0.2) is 32.8 Å². The van der Waals surface area contributed by atoms with Crippen LogP contribution in [0.4, 0.5) is 4.39 Å². The van der Waals surface area contributed by atoms with Gasteiger partial charge in [0.25, 0.3) is 5.91 Å². The molecule has 0 radical (unpaired) electrons. The van der Waals surface area contributed by atoms with E-state index in [9.17, 15) is 14.0 Å². The van der Waals surface area contributed by atoms with E-state index in [1.54, 1.807) is 43.7 Å². The predicted octanol–water partition coefficient (Wildman–Crippen LogP) is 3.00. The van der Waals surface area contributed by atoms with Crippen molar-refractivity contribution in [3.63, 3.8) is 0 Å². The van der Waals surface area contributed by atoms with Crippen LogP contribution in [0.5, 0.6) is 0 Å². The number of rotatable bonds is 7. The number of amides is 2. The molecule has 8 heteroatoms. The molecule has 0 unspecified atom stereocenters. The largest absolute Gasteiger partial charge is 0.357 e. The summed E-state index contributed by atoms with van der Waals surface area (Å²) in [5.74, 6) is -1.15. The first-order valence-electron chi connectivity index (χ1n) is 9.88. The summed E-state index contributed by atoms with van der Waals surface area (Å²) < 4.78 is 13.6. The number of aromatic amines is 2. The Hall–Kier alpha value is -3.94. The Balaban J connectivity index is 1.49. The molecule has 2 amide bonds. The van der Waals surface area contributed by atoms with Crippen molar-refractivity contribution in [2.75, 3.05) is 0 Å². The molecule has 158 valence electrons. The molecule has 3 heterocycles. The average molecular weight is 419 g/mol. The summed E-state index contributed by atoms with van der Waals surface area (Å²) >= 11 is 0. The summed E-state index contributed by atoms with van der Waals surface area (Å²) in [7, 11) is 0. The lowest BCUT2D eigenvalue weighted by Gasteiger charge is -2.19. The monoisotopic (exact) mass is 419 g/mol. The van der Waals surface area contributed by atoms with E-state index in [0.717, 1.165) is 22.2 Å². The minimum atomic E-state index is -0.874. The SMILES string of the molecule is Cc1cc[nH]c1C(=O)N[C@@H](Cc1cccc(F)c1)C(=O)NCc1cnc2[nH]ccc2c1. The number of hydrogen-bond acceptors (Lipinski definition) is 3. The highest BCUT2D eigenvalue weighted by molar-refractivity contribution is 5.97. The van der Waals surface area contributed by atoms with Gasteiger partial charge in [0, 0.05) is 36.9 Å². The van der Waals surface area contributed by atoms with Crippen LogP contribution in [0.2, 0.25) is 0 Å². The third-order valence-corrected chi connectivity index (χ3v) is 5.06. The van der Waals surface area contributed by atoms with Gasteiger partial charge in [-0.1, -0.05) is 12.1 Å². The number of carbonyl (C=O) groups is 2. The zero-order valence-electron chi connectivity index (χ0n) is 16.9. The summed E-state index contributed by atoms with van der Waals surface area (Å²) in [5.41, 5.74) is 3.37. The van der Waals surface area contributed by atoms with Gasteiger partial charge < -0.3 is 20.6 Å². The molecule has 4 N–H and O–H groups in total. The maximum Gasteiger partial charge on any atom is 0.268 e. The normalized spacial score (nSPS) is 11.9. The van der Waals surface area contributed by atoms with Crippen LogP contribution in [0, 0.1) is 12.7 Å². The summed E-state index contributed by atoms with van der Waals surface area (Å²) in [4.78, 5) is 35.8. The lowest BCUT2D eigenvalue weighted by Crippen LogP contribution is -2.48. The van der Waals surface area contributed by atoms with E-state index < -0.39 is 17.8 Å². The summed E-state index contributed by atoms with van der Waals surface area (Å²) in [6.07, 6.45) is 5.30. The lowest BCUT2D eigenvalue weighted by atomic mass is 10.0. The molecule has 0 aliphatic heterocycles. The fourth-order valence-corrected chi connectivity index (χ4v) is 3.43. The van der Waals surface area contributed by atoms with Gasteiger partial charge in [-0.3, -0.25) is 9.59 Å². The van der Waals surface area contributed by atoms with E-state index in [2.05, 4.69) is 25.6 Å². The lowest BCUT2D eigenvalue weighted by molar-refractivity contribution is -0.123. The van der Waals surface area contributed by atoms with Gasteiger partial charge in [-0.2, -0.15) is 0 Å². The number of fused-ring (bicyclic) bond motifs is 1. The highest BCUT2D eigenvalue weighted by Crippen LogP contribution is 2.12. The Kier molecular flexibility index (Phi) is 5.79. The maximum atomic E-state index is 13.6. The van der Waals surface area contributed by atoms with Crippen LogP contribution in [0.3, 0.4) is 0 Å². The molecule has 4 rings (SSSR count). The number of benzene rings is 1. The fraction of sp³-hybridized carbons (Fsp3) is 0.174. The van der Waals surface area contributed by atoms with Crippen molar-refractivity contribution >= 4 is 22.8 Å². The number of hydrogen-bond donors (Lipinski definition) is 4. The van der Waals surface area contributed by atoms with Gasteiger partial charge in [0.15, 0.2) is 0 Å². The Labute approximate surface area is 178 Å². The van der Waals surface area contributed by atoms with Crippen LogP contribution < -0.4 is 10.6 Å². The predicted molar refractivity (Wildman–Crippen MR) is 115 cm³/mol. The first kappa shape index (κ1) is 20.3. The molecule has 4 aromatic rings. The molecule has 0 saturated heterocycles. The van der Waals surface area contributed by atoms with Crippen molar-refractivity contribution in [2.24, 2.45) is 0 Å². The molecule has 7 nitrogen and oxygen atoms in total.